The number of aromatic nitrogens is 10. The maximum Gasteiger partial charge on any atom is 0.390 e. The highest BCUT2D eigenvalue weighted by molar-refractivity contribution is 5.85. The predicted molar refractivity (Wildman–Crippen MR) is 569 cm³/mol. The third-order valence-electron chi connectivity index (χ3n) is 35.5. The van der Waals surface area contributed by atoms with E-state index in [-0.39, 0.29) is 16.4 Å². The molecule has 148 heavy (non-hydrogen) atoms. The summed E-state index contributed by atoms with van der Waals surface area (Å²) in [6.07, 6.45) is -12.3. The number of hydrogen-bond donors (Lipinski definition) is 0. The fraction of sp³-hybridized carbons (Fsp3) is 0.405. The van der Waals surface area contributed by atoms with E-state index in [1.54, 1.807) is 63.8 Å². The number of nitrogens with zero attached hydrogens (tertiary/aromatic N) is 10. The number of alkyl halides is 12. The van der Waals surface area contributed by atoms with Crippen LogP contribution in [0.4, 0.5) is 52.7 Å². The van der Waals surface area contributed by atoms with Crippen molar-refractivity contribution < 1.29 is 84.3 Å². The highest BCUT2D eigenvalue weighted by atomic mass is 19.4. The van der Waals surface area contributed by atoms with Gasteiger partial charge in [0.2, 0.25) is 24.3 Å². The smallest absolute Gasteiger partial charge is 0.171 e. The molecule has 0 bridgehead atoms. The summed E-state index contributed by atoms with van der Waals surface area (Å²) in [4.78, 5) is 0. The van der Waals surface area contributed by atoms with E-state index in [0.29, 0.717) is 33.6 Å². The Balaban J connectivity index is 0.000000137. The van der Waals surface area contributed by atoms with Crippen LogP contribution in [0.3, 0.4) is 0 Å². The second-order valence-electron chi connectivity index (χ2n) is 46.1. The number of benzene rings is 10. The molecule has 0 radical (unpaired) electrons. The molecule has 5 atom stereocenters. The Morgan fingerprint density at radius 2 is 0.568 bits per heavy atom. The average Bonchev–Trinajstić information content (AvgIpc) is 1.46. The molecule has 778 valence electrons. The Labute approximate surface area is 874 Å². The minimum absolute atomic E-state index is 0.123. The second kappa shape index (κ2) is 37.3. The Bertz CT molecular complexity index is 7940. The zero-order chi connectivity index (χ0) is 114. The summed E-state index contributed by atoms with van der Waals surface area (Å²) >= 11 is 0. The van der Waals surface area contributed by atoms with E-state index in [4.69, 9.17) is 8.22 Å². The van der Waals surface area contributed by atoms with Gasteiger partial charge >= 0.3 is 24.7 Å². The Morgan fingerprint density at radius 3 is 0.926 bits per heavy atom. The number of fused-ring (bicyclic) bond motifs is 15. The lowest BCUT2D eigenvalue weighted by molar-refractivity contribution is -0.745. The van der Waals surface area contributed by atoms with E-state index >= 15 is 0 Å². The number of para-hydroxylation sites is 5. The van der Waals surface area contributed by atoms with Gasteiger partial charge in [-0.3, -0.25) is 0 Å². The van der Waals surface area contributed by atoms with E-state index in [9.17, 15) is 52.7 Å². The molecular formula is C126H145F12N10+5. The van der Waals surface area contributed by atoms with Crippen LogP contribution in [-0.2, 0) is 89.4 Å². The maximum atomic E-state index is 14.2. The molecule has 0 amide bonds. The van der Waals surface area contributed by atoms with Crippen LogP contribution in [0.25, 0.3) is 84.2 Å². The molecule has 10 heterocycles. The SMILES string of the molecule is Cc1cccc(C)c1-c1c[n+](C)n2c1C(C)(CC(F)(F)F)C(C)(C)c1cccc(C)c1-2.Cc1cccc2c1-n1c(c(-c3ccccc3)c[n+]1C)C(C)(CC(F)(F)F)C2(C)C.Cc1cccc2c1-n1c(cc[n+]1C)C(C)(CC(F)(F)F)C2(C)C.[2H]C([2H])([2H])c1cc(C)cc(-c2c(-c3ccccc3)c3n([n+]2C)-c2c(C)cccc2C(C)(C)C3(C)CC)c1.[2H]C([2H])([2H])c1cccc(C)c1-c1c[n+](C)n2c1C(C)(CC(F)(F)F)C(C)(C)c1cccc(C)c1-2. The van der Waals surface area contributed by atoms with E-state index in [2.05, 4.69) is 99.6 Å². The zero-order valence-electron chi connectivity index (χ0n) is 97.1. The van der Waals surface area contributed by atoms with Crippen molar-refractivity contribution in [2.75, 3.05) is 0 Å². The number of hydrogen-bond acceptors (Lipinski definition) is 0. The van der Waals surface area contributed by atoms with Crippen LogP contribution in [0.1, 0.15) is 269 Å². The van der Waals surface area contributed by atoms with Gasteiger partial charge in [0.05, 0.1) is 53.6 Å². The molecule has 0 saturated heterocycles. The van der Waals surface area contributed by atoms with Crippen molar-refractivity contribution in [3.05, 3.63) is 355 Å². The van der Waals surface area contributed by atoms with E-state index in [0.717, 1.165) is 141 Å². The lowest BCUT2D eigenvalue weighted by Crippen LogP contribution is -2.54. The summed E-state index contributed by atoms with van der Waals surface area (Å²) < 4.78 is 235. The van der Waals surface area contributed by atoms with Crippen molar-refractivity contribution in [2.24, 2.45) is 35.2 Å². The van der Waals surface area contributed by atoms with Gasteiger partial charge in [0, 0.05) is 74.0 Å². The lowest BCUT2D eigenvalue weighted by atomic mass is 9.56. The minimum atomic E-state index is -4.42. The lowest BCUT2D eigenvalue weighted by Gasteiger charge is -2.49. The summed E-state index contributed by atoms with van der Waals surface area (Å²) in [6, 6.07) is 69.1. The first-order valence-corrected chi connectivity index (χ1v) is 50.9. The zero-order valence-corrected chi connectivity index (χ0v) is 91.1. The Kier molecular flexibility index (Phi) is 25.2. The summed E-state index contributed by atoms with van der Waals surface area (Å²) in [5.41, 5.74) is 24.7. The molecule has 10 aromatic carbocycles. The van der Waals surface area contributed by atoms with Crippen LogP contribution in [-0.4, -0.2) is 48.1 Å². The molecule has 0 fully saturated rings. The third kappa shape index (κ3) is 17.4. The van der Waals surface area contributed by atoms with E-state index < -0.39 is 107 Å². The van der Waals surface area contributed by atoms with Crippen LogP contribution in [0.15, 0.2) is 237 Å². The van der Waals surface area contributed by atoms with Crippen molar-refractivity contribution in [2.45, 2.75) is 298 Å². The molecule has 0 spiro atoms. The predicted octanol–water partition coefficient (Wildman–Crippen LogP) is 30.2. The molecule has 5 unspecified atom stereocenters. The molecule has 10 nitrogen and oxygen atoms in total. The van der Waals surface area contributed by atoms with E-state index in [1.807, 2.05) is 329 Å². The minimum Gasteiger partial charge on any atom is -0.171 e. The molecule has 5 aliphatic heterocycles. The van der Waals surface area contributed by atoms with Gasteiger partial charge in [0.15, 0.2) is 41.4 Å². The fourth-order valence-corrected chi connectivity index (χ4v) is 26.0. The van der Waals surface area contributed by atoms with Crippen LogP contribution < -0.4 is 23.4 Å². The molecule has 5 aromatic heterocycles. The first kappa shape index (κ1) is 100.0. The van der Waals surface area contributed by atoms with Crippen LogP contribution in [0.2, 0.25) is 0 Å². The first-order chi connectivity index (χ1) is 71.1. The molecule has 0 aliphatic carbocycles. The number of rotatable bonds is 10. The highest BCUT2D eigenvalue weighted by Gasteiger charge is 2.64. The highest BCUT2D eigenvalue weighted by Crippen LogP contribution is 2.64. The summed E-state index contributed by atoms with van der Waals surface area (Å²) in [5.74, 6) is 0. The van der Waals surface area contributed by atoms with Gasteiger partial charge in [0.1, 0.15) is 51.2 Å². The van der Waals surface area contributed by atoms with Crippen LogP contribution in [0.5, 0.6) is 0 Å². The molecule has 5 aliphatic rings. The van der Waals surface area contributed by atoms with Crippen LogP contribution in [0, 0.1) is 76.0 Å². The first-order valence-electron chi connectivity index (χ1n) is 53.9. The van der Waals surface area contributed by atoms with Crippen molar-refractivity contribution in [1.82, 2.24) is 23.4 Å². The molecule has 20 rings (SSSR count). The second-order valence-corrected chi connectivity index (χ2v) is 46.1. The number of aryl methyl sites for hydroxylation is 15. The van der Waals surface area contributed by atoms with Gasteiger partial charge in [-0.25, -0.2) is 0 Å². The summed E-state index contributed by atoms with van der Waals surface area (Å²) in [5, 5.41) is 0. The molecule has 22 heteroatoms. The van der Waals surface area contributed by atoms with Gasteiger partial charge in [-0.15, -0.1) is 46.8 Å². The van der Waals surface area contributed by atoms with Gasteiger partial charge in [-0.2, -0.15) is 52.7 Å². The van der Waals surface area contributed by atoms with Crippen molar-refractivity contribution in [3.63, 3.8) is 0 Å². The Hall–Kier alpha value is -12.6. The normalized spacial score (nSPS) is 20.8. The quantitative estimate of drug-likeness (QED) is 0.0968. The maximum absolute atomic E-state index is 14.2. The molecule has 0 N–H and O–H groups in total. The topological polar surface area (TPSA) is 44.0 Å². The Morgan fingerprint density at radius 1 is 0.270 bits per heavy atom. The van der Waals surface area contributed by atoms with Gasteiger partial charge in [-0.05, 0) is 195 Å². The molecular weight excluding hydrogens is 1880 g/mol. The standard InChI is InChI=1S/C32H37N2.2C26H30F3N2.C24H26F3N2.C18H22F3N2/c1-9-32(7)30-27(24-15-11-10-12-16-24)29(25-19-21(2)18-22(3)20-25)33(8)34(30)28-23(4)14-13-17-26(28)31(32,5)6;2*1-16-10-8-11-17(2)21(16)19-14-30(7)31-22-18(3)12-9-13-20(22)24(4,5)25(6,23(19)31)15-26(27,28)29;1-16-10-9-13-19-20(16)29-21(23(4,22(19,2)3)15-24(25,26)27)18(14-28(29)5)17-11-7-6-8-12-17;1-12-7-6-8-13-15(12)23-14(9-10-22(23)5)17(4,16(13,2)3)11-18(19,20)21/h10-20H,9H2,1-8H3;2*8-14H,15H2,1-7H3;6-14H,15H2,1-5H3;6-10H,11H2,1-5H3/q5*+1/i2D3;1D3;;;. The third-order valence-corrected chi connectivity index (χ3v) is 35.5. The van der Waals surface area contributed by atoms with Gasteiger partial charge in [0.25, 0.3) is 0 Å². The molecule has 15 aromatic rings. The van der Waals surface area contributed by atoms with Crippen molar-refractivity contribution in [1.29, 1.82) is 0 Å². The summed E-state index contributed by atoms with van der Waals surface area (Å²) in [6.45, 7) is 45.2. The van der Waals surface area contributed by atoms with Crippen molar-refractivity contribution >= 4 is 0 Å². The van der Waals surface area contributed by atoms with Gasteiger partial charge in [-0.1, -0.05) is 316 Å². The number of halogens is 12. The fourth-order valence-electron chi connectivity index (χ4n) is 26.0. The average molecular weight is 2030 g/mol. The van der Waals surface area contributed by atoms with E-state index in [1.165, 1.54) is 28.1 Å². The van der Waals surface area contributed by atoms with Crippen molar-refractivity contribution in [3.8, 4) is 84.2 Å². The monoisotopic (exact) mass is 2030 g/mol. The largest absolute Gasteiger partial charge is 0.390 e. The molecule has 0 saturated carbocycles. The van der Waals surface area contributed by atoms with Gasteiger partial charge < -0.3 is 0 Å². The summed E-state index contributed by atoms with van der Waals surface area (Å²) in [7, 11) is 9.60. The van der Waals surface area contributed by atoms with Crippen LogP contribution >= 0.6 is 0 Å².